The monoisotopic (exact) mass is 278 g/mol. The van der Waals surface area contributed by atoms with Gasteiger partial charge in [-0.25, -0.2) is 4.79 Å². The van der Waals surface area contributed by atoms with Gasteiger partial charge in [0.15, 0.2) is 6.10 Å². The summed E-state index contributed by atoms with van der Waals surface area (Å²) >= 11 is 0. The normalized spacial score (nSPS) is 53.2. The minimum atomic E-state index is -1.73. The Balaban J connectivity index is 1.91. The van der Waals surface area contributed by atoms with Crippen molar-refractivity contribution in [1.82, 2.24) is 0 Å². The summed E-state index contributed by atoms with van der Waals surface area (Å²) in [5.74, 6) is -2.43. The first kappa shape index (κ1) is 12.6. The molecule has 2 aliphatic heterocycles. The number of ether oxygens (including phenoxy) is 2. The van der Waals surface area contributed by atoms with Crippen molar-refractivity contribution in [3.05, 3.63) is 23.3 Å². The lowest BCUT2D eigenvalue weighted by Gasteiger charge is -2.33. The summed E-state index contributed by atoms with van der Waals surface area (Å²) in [7, 11) is 0. The Hall–Kier alpha value is -1.17. The zero-order chi connectivity index (χ0) is 14.5. The molecule has 0 radical (unpaired) electrons. The average molecular weight is 278 g/mol. The van der Waals surface area contributed by atoms with Crippen LogP contribution in [-0.4, -0.2) is 39.3 Å². The predicted octanol–water partition coefficient (Wildman–Crippen LogP) is 0.807. The van der Waals surface area contributed by atoms with E-state index in [-0.39, 0.29) is 5.92 Å². The smallest absolute Gasteiger partial charge is 0.336 e. The molecule has 5 heteroatoms. The molecule has 0 aromatic rings. The van der Waals surface area contributed by atoms with Gasteiger partial charge < -0.3 is 19.7 Å². The van der Waals surface area contributed by atoms with Crippen molar-refractivity contribution < 1.29 is 24.5 Å². The van der Waals surface area contributed by atoms with Gasteiger partial charge in [0.1, 0.15) is 11.2 Å². The van der Waals surface area contributed by atoms with Gasteiger partial charge in [0.25, 0.3) is 5.79 Å². The first-order valence-corrected chi connectivity index (χ1v) is 6.98. The fourth-order valence-corrected chi connectivity index (χ4v) is 4.32. The Kier molecular flexibility index (Phi) is 2.00. The Morgan fingerprint density at radius 3 is 2.80 bits per heavy atom. The maximum Gasteiger partial charge on any atom is 0.336 e. The van der Waals surface area contributed by atoms with Crippen LogP contribution in [-0.2, 0) is 14.3 Å². The van der Waals surface area contributed by atoms with Crippen molar-refractivity contribution in [2.75, 3.05) is 0 Å². The van der Waals surface area contributed by atoms with E-state index < -0.39 is 29.1 Å². The summed E-state index contributed by atoms with van der Waals surface area (Å²) in [4.78, 5) is 11.8. The van der Waals surface area contributed by atoms with Gasteiger partial charge in [0.2, 0.25) is 0 Å². The molecule has 5 atom stereocenters. The average Bonchev–Trinajstić information content (AvgIpc) is 2.95. The summed E-state index contributed by atoms with van der Waals surface area (Å²) in [6, 6.07) is 0. The van der Waals surface area contributed by atoms with Gasteiger partial charge >= 0.3 is 5.97 Å². The number of epoxide rings is 1. The quantitative estimate of drug-likeness (QED) is 0.389. The third-order valence-corrected chi connectivity index (χ3v) is 5.77. The maximum absolute atomic E-state index is 11.8. The minimum absolute atomic E-state index is 0.203. The van der Waals surface area contributed by atoms with Crippen molar-refractivity contribution in [3.63, 3.8) is 0 Å². The number of fused-ring (bicyclic) bond motifs is 5. The van der Waals surface area contributed by atoms with E-state index in [0.29, 0.717) is 24.0 Å². The van der Waals surface area contributed by atoms with Gasteiger partial charge in [0, 0.05) is 17.1 Å². The molecule has 0 amide bonds. The highest BCUT2D eigenvalue weighted by molar-refractivity contribution is 5.92. The molecule has 0 bridgehead atoms. The predicted molar refractivity (Wildman–Crippen MR) is 68.5 cm³/mol. The molecule has 2 aliphatic carbocycles. The van der Waals surface area contributed by atoms with E-state index >= 15 is 0 Å². The lowest BCUT2D eigenvalue weighted by molar-refractivity contribution is -0.188. The lowest BCUT2D eigenvalue weighted by Crippen LogP contribution is -2.49. The molecule has 20 heavy (non-hydrogen) atoms. The maximum atomic E-state index is 11.8. The van der Waals surface area contributed by atoms with Crippen LogP contribution in [0.5, 0.6) is 0 Å². The second kappa shape index (κ2) is 3.18. The molecule has 3 fully saturated rings. The van der Waals surface area contributed by atoms with Crippen molar-refractivity contribution in [2.45, 2.75) is 56.2 Å². The lowest BCUT2D eigenvalue weighted by atomic mass is 9.77. The van der Waals surface area contributed by atoms with Gasteiger partial charge in [-0.05, 0) is 33.1 Å². The third-order valence-electron chi connectivity index (χ3n) is 5.77. The summed E-state index contributed by atoms with van der Waals surface area (Å²) < 4.78 is 10.9. The molecular formula is C15H18O5. The summed E-state index contributed by atoms with van der Waals surface area (Å²) in [6.07, 6.45) is 1.01. The first-order chi connectivity index (χ1) is 9.24. The number of aliphatic hydroxyl groups is 2. The largest absolute Gasteiger partial charge is 0.423 e. The summed E-state index contributed by atoms with van der Waals surface area (Å²) in [5.41, 5.74) is -0.0195. The molecule has 0 spiro atoms. The third kappa shape index (κ3) is 1.10. The van der Waals surface area contributed by atoms with E-state index in [1.165, 1.54) is 0 Å². The molecular weight excluding hydrogens is 260 g/mol. The van der Waals surface area contributed by atoms with E-state index in [0.717, 1.165) is 12.0 Å². The second-order valence-electron chi connectivity index (χ2n) is 6.63. The molecule has 0 aromatic heterocycles. The Bertz CT molecular complexity index is 593. The molecule has 4 aliphatic rings. The van der Waals surface area contributed by atoms with Gasteiger partial charge in [-0.3, -0.25) is 0 Å². The molecule has 4 rings (SSSR count). The van der Waals surface area contributed by atoms with Crippen LogP contribution < -0.4 is 0 Å². The highest BCUT2D eigenvalue weighted by Crippen LogP contribution is 2.65. The zero-order valence-corrected chi connectivity index (χ0v) is 11.6. The van der Waals surface area contributed by atoms with E-state index in [2.05, 4.69) is 6.58 Å². The Morgan fingerprint density at radius 1 is 1.40 bits per heavy atom. The van der Waals surface area contributed by atoms with Crippen LogP contribution in [0, 0.1) is 5.92 Å². The van der Waals surface area contributed by atoms with Crippen LogP contribution in [0.1, 0.15) is 33.1 Å². The van der Waals surface area contributed by atoms with E-state index in [4.69, 9.17) is 9.47 Å². The molecule has 1 saturated heterocycles. The fourth-order valence-electron chi connectivity index (χ4n) is 4.32. The highest BCUT2D eigenvalue weighted by atomic mass is 16.7. The second-order valence-corrected chi connectivity index (χ2v) is 6.63. The van der Waals surface area contributed by atoms with E-state index in [9.17, 15) is 15.0 Å². The van der Waals surface area contributed by atoms with E-state index in [1.807, 2.05) is 0 Å². The number of hydrogen-bond donors (Lipinski definition) is 2. The molecule has 0 aromatic carbocycles. The van der Waals surface area contributed by atoms with Crippen molar-refractivity contribution in [3.8, 4) is 0 Å². The van der Waals surface area contributed by atoms with Crippen LogP contribution in [0.2, 0.25) is 0 Å². The topological polar surface area (TPSA) is 79.3 Å². The van der Waals surface area contributed by atoms with Crippen LogP contribution in [0.4, 0.5) is 0 Å². The number of esters is 1. The van der Waals surface area contributed by atoms with Crippen molar-refractivity contribution in [1.29, 1.82) is 0 Å². The van der Waals surface area contributed by atoms with Gasteiger partial charge in [-0.1, -0.05) is 12.2 Å². The standard InChI is InChI=1S/C15H18O5/c1-7-4-5-14(17)9(7)6-10-8(2)11(16)19-15(10,18)12-13(14,3)20-12/h9,12,17-18H,1,4-6H2,2-3H3. The Morgan fingerprint density at radius 2 is 2.10 bits per heavy atom. The molecule has 108 valence electrons. The van der Waals surface area contributed by atoms with Gasteiger partial charge in [0.05, 0.1) is 0 Å². The molecule has 2 saturated carbocycles. The molecule has 2 N–H and O–H groups in total. The van der Waals surface area contributed by atoms with Crippen molar-refractivity contribution >= 4 is 5.97 Å². The van der Waals surface area contributed by atoms with Crippen molar-refractivity contribution in [2.24, 2.45) is 5.92 Å². The van der Waals surface area contributed by atoms with Gasteiger partial charge in [-0.2, -0.15) is 0 Å². The van der Waals surface area contributed by atoms with Crippen LogP contribution in [0.25, 0.3) is 0 Å². The number of carbonyl (C=O) groups excluding carboxylic acids is 1. The molecule has 5 unspecified atom stereocenters. The first-order valence-electron chi connectivity index (χ1n) is 6.98. The van der Waals surface area contributed by atoms with Crippen LogP contribution in [0.3, 0.4) is 0 Å². The number of hydrogen-bond acceptors (Lipinski definition) is 5. The summed E-state index contributed by atoms with van der Waals surface area (Å²) in [5, 5.41) is 21.9. The number of carbonyl (C=O) groups is 1. The van der Waals surface area contributed by atoms with E-state index in [1.54, 1.807) is 13.8 Å². The van der Waals surface area contributed by atoms with Crippen LogP contribution >= 0.6 is 0 Å². The summed E-state index contributed by atoms with van der Waals surface area (Å²) in [6.45, 7) is 7.48. The zero-order valence-electron chi connectivity index (χ0n) is 11.6. The van der Waals surface area contributed by atoms with Crippen LogP contribution in [0.15, 0.2) is 23.3 Å². The number of rotatable bonds is 0. The Labute approximate surface area is 116 Å². The molecule has 5 nitrogen and oxygen atoms in total. The minimum Gasteiger partial charge on any atom is -0.423 e. The fraction of sp³-hybridized carbons (Fsp3) is 0.667. The molecule has 2 heterocycles. The SMILES string of the molecule is C=C1CCC2(O)C1CC1=C(C)C(=O)OC1(O)C1OC12C. The van der Waals surface area contributed by atoms with Gasteiger partial charge in [-0.15, -0.1) is 0 Å². The highest BCUT2D eigenvalue weighted by Gasteiger charge is 2.79.